The molecule has 3 rings (SSSR count). The van der Waals surface area contributed by atoms with Gasteiger partial charge < -0.3 is 4.74 Å². The van der Waals surface area contributed by atoms with Gasteiger partial charge in [0.2, 0.25) is 0 Å². The molecule has 0 aromatic carbocycles. The smallest absolute Gasteiger partial charge is 0.0845 e. The summed E-state index contributed by atoms with van der Waals surface area (Å²) in [4.78, 5) is 0. The van der Waals surface area contributed by atoms with Crippen molar-refractivity contribution in [1.29, 1.82) is 0 Å². The predicted molar refractivity (Wildman–Crippen MR) is 38.7 cm³/mol. The summed E-state index contributed by atoms with van der Waals surface area (Å²) in [6.45, 7) is 4.82. The van der Waals surface area contributed by atoms with Gasteiger partial charge in [-0.2, -0.15) is 0 Å². The molecule has 3 fully saturated rings. The number of hydrogen-bond acceptors (Lipinski definition) is 1. The van der Waals surface area contributed by atoms with E-state index in [0.29, 0.717) is 17.6 Å². The van der Waals surface area contributed by atoms with Crippen LogP contribution in [0.4, 0.5) is 0 Å². The first kappa shape index (κ1) is 5.59. The van der Waals surface area contributed by atoms with Gasteiger partial charge in [-0.1, -0.05) is 13.8 Å². The molecule has 1 heterocycles. The lowest BCUT2D eigenvalue weighted by Gasteiger charge is -1.99. The van der Waals surface area contributed by atoms with Crippen molar-refractivity contribution in [2.75, 3.05) is 0 Å². The minimum atomic E-state index is 0.677. The molecule has 1 heteroatoms. The molecule has 0 radical (unpaired) electrons. The van der Waals surface area contributed by atoms with E-state index in [0.717, 1.165) is 11.8 Å². The Morgan fingerprint density at radius 2 is 1.60 bits per heavy atom. The number of epoxide rings is 1. The Labute approximate surface area is 61.8 Å². The summed E-state index contributed by atoms with van der Waals surface area (Å²) < 4.78 is 5.47. The summed E-state index contributed by atoms with van der Waals surface area (Å²) in [7, 11) is 0. The summed E-state index contributed by atoms with van der Waals surface area (Å²) in [5.41, 5.74) is 0.677. The standard InChI is InChI=1S/C9H14O/c1-9(2)5-3-7-8(10-7)4-6(5)9/h5-8H,3-4H2,1-2H3/t5-,6+,7-,8+. The van der Waals surface area contributed by atoms with Crippen molar-refractivity contribution < 1.29 is 4.74 Å². The van der Waals surface area contributed by atoms with Gasteiger partial charge >= 0.3 is 0 Å². The highest BCUT2D eigenvalue weighted by atomic mass is 16.6. The van der Waals surface area contributed by atoms with E-state index in [4.69, 9.17) is 4.74 Å². The molecule has 0 spiro atoms. The lowest BCUT2D eigenvalue weighted by molar-refractivity contribution is 0.342. The zero-order valence-corrected chi connectivity index (χ0v) is 6.63. The van der Waals surface area contributed by atoms with Crippen LogP contribution in [0, 0.1) is 17.3 Å². The topological polar surface area (TPSA) is 12.5 Å². The van der Waals surface area contributed by atoms with Crippen LogP contribution in [0.3, 0.4) is 0 Å². The van der Waals surface area contributed by atoms with Gasteiger partial charge in [0.15, 0.2) is 0 Å². The Balaban J connectivity index is 1.83. The van der Waals surface area contributed by atoms with Gasteiger partial charge in [0.25, 0.3) is 0 Å². The molecule has 0 unspecified atom stereocenters. The largest absolute Gasteiger partial charge is 0.370 e. The third-order valence-corrected chi connectivity index (χ3v) is 3.95. The van der Waals surface area contributed by atoms with E-state index in [9.17, 15) is 0 Å². The molecule has 0 aromatic rings. The first-order valence-electron chi connectivity index (χ1n) is 4.35. The first-order valence-corrected chi connectivity index (χ1v) is 4.35. The van der Waals surface area contributed by atoms with Gasteiger partial charge in [0.05, 0.1) is 12.2 Å². The normalized spacial score (nSPS) is 60.6. The fourth-order valence-corrected chi connectivity index (χ4v) is 2.89. The van der Waals surface area contributed by atoms with E-state index in [1.807, 2.05) is 0 Å². The van der Waals surface area contributed by atoms with Crippen LogP contribution in [-0.2, 0) is 4.74 Å². The minimum Gasteiger partial charge on any atom is -0.370 e. The van der Waals surface area contributed by atoms with Crippen LogP contribution < -0.4 is 0 Å². The van der Waals surface area contributed by atoms with Gasteiger partial charge in [-0.25, -0.2) is 0 Å². The van der Waals surface area contributed by atoms with Crippen molar-refractivity contribution >= 4 is 0 Å². The SMILES string of the molecule is CC1(C)[C@@H]2C[C@H]3O[C@H]3C[C@@H]21. The van der Waals surface area contributed by atoms with Crippen LogP contribution in [0.25, 0.3) is 0 Å². The van der Waals surface area contributed by atoms with Crippen LogP contribution in [0.1, 0.15) is 26.7 Å². The monoisotopic (exact) mass is 138 g/mol. The van der Waals surface area contributed by atoms with E-state index in [1.54, 1.807) is 0 Å². The second-order valence-corrected chi connectivity index (χ2v) is 4.72. The summed E-state index contributed by atoms with van der Waals surface area (Å²) in [5, 5.41) is 0. The Morgan fingerprint density at radius 1 is 1.10 bits per heavy atom. The van der Waals surface area contributed by atoms with Crippen LogP contribution in [0.15, 0.2) is 0 Å². The van der Waals surface area contributed by atoms with E-state index < -0.39 is 0 Å². The van der Waals surface area contributed by atoms with Gasteiger partial charge in [-0.3, -0.25) is 0 Å². The maximum Gasteiger partial charge on any atom is 0.0845 e. The molecule has 2 saturated carbocycles. The van der Waals surface area contributed by atoms with Crippen molar-refractivity contribution in [3.63, 3.8) is 0 Å². The molecule has 0 amide bonds. The fraction of sp³-hybridized carbons (Fsp3) is 1.00. The molecular formula is C9H14O. The average Bonchev–Trinajstić information content (AvgIpc) is 2.70. The zero-order valence-electron chi connectivity index (χ0n) is 6.63. The summed E-state index contributed by atoms with van der Waals surface area (Å²) in [5.74, 6) is 2.02. The second-order valence-electron chi connectivity index (χ2n) is 4.72. The number of ether oxygens (including phenoxy) is 1. The molecule has 0 N–H and O–H groups in total. The van der Waals surface area contributed by atoms with Crippen LogP contribution >= 0.6 is 0 Å². The second kappa shape index (κ2) is 1.29. The molecular weight excluding hydrogens is 124 g/mol. The molecule has 1 nitrogen and oxygen atoms in total. The van der Waals surface area contributed by atoms with Gasteiger partial charge in [0, 0.05) is 0 Å². The summed E-state index contributed by atoms with van der Waals surface area (Å²) in [6, 6.07) is 0. The third kappa shape index (κ3) is 0.493. The maximum atomic E-state index is 5.47. The molecule has 1 saturated heterocycles. The first-order chi connectivity index (χ1) is 4.69. The number of rotatable bonds is 0. The molecule has 4 atom stereocenters. The van der Waals surface area contributed by atoms with E-state index >= 15 is 0 Å². The van der Waals surface area contributed by atoms with E-state index in [1.165, 1.54) is 12.8 Å². The maximum absolute atomic E-state index is 5.47. The van der Waals surface area contributed by atoms with Crippen LogP contribution in [0.5, 0.6) is 0 Å². The Kier molecular flexibility index (Phi) is 0.722. The molecule has 56 valence electrons. The highest BCUT2D eigenvalue weighted by molar-refractivity contribution is 5.13. The quantitative estimate of drug-likeness (QED) is 0.465. The Hall–Kier alpha value is -0.0400. The van der Waals surface area contributed by atoms with Crippen molar-refractivity contribution in [2.45, 2.75) is 38.9 Å². The average molecular weight is 138 g/mol. The molecule has 1 aliphatic heterocycles. The molecule has 10 heavy (non-hydrogen) atoms. The Morgan fingerprint density at radius 3 is 2.10 bits per heavy atom. The summed E-state index contributed by atoms with van der Waals surface area (Å²) >= 11 is 0. The van der Waals surface area contributed by atoms with Crippen LogP contribution in [-0.4, -0.2) is 12.2 Å². The number of fused-ring (bicyclic) bond motifs is 2. The van der Waals surface area contributed by atoms with Crippen molar-refractivity contribution in [2.24, 2.45) is 17.3 Å². The predicted octanol–water partition coefficient (Wildman–Crippen LogP) is 1.82. The van der Waals surface area contributed by atoms with Gasteiger partial charge in [-0.05, 0) is 30.1 Å². The lowest BCUT2D eigenvalue weighted by atomic mass is 10.0. The zero-order chi connectivity index (χ0) is 6.93. The highest BCUT2D eigenvalue weighted by Crippen LogP contribution is 2.68. The molecule has 0 bridgehead atoms. The molecule has 2 aliphatic carbocycles. The lowest BCUT2D eigenvalue weighted by Crippen LogP contribution is -2.03. The van der Waals surface area contributed by atoms with Crippen molar-refractivity contribution in [3.8, 4) is 0 Å². The van der Waals surface area contributed by atoms with E-state index in [-0.39, 0.29) is 0 Å². The number of hydrogen-bond donors (Lipinski definition) is 0. The van der Waals surface area contributed by atoms with Crippen LogP contribution in [0.2, 0.25) is 0 Å². The molecule has 3 aliphatic rings. The third-order valence-electron chi connectivity index (χ3n) is 3.95. The van der Waals surface area contributed by atoms with Crippen molar-refractivity contribution in [1.82, 2.24) is 0 Å². The highest BCUT2D eigenvalue weighted by Gasteiger charge is 2.65. The van der Waals surface area contributed by atoms with Gasteiger partial charge in [-0.15, -0.1) is 0 Å². The summed E-state index contributed by atoms with van der Waals surface area (Å²) in [6.07, 6.45) is 4.09. The fourth-order valence-electron chi connectivity index (χ4n) is 2.89. The van der Waals surface area contributed by atoms with Crippen molar-refractivity contribution in [3.05, 3.63) is 0 Å². The Bertz CT molecular complexity index is 167. The minimum absolute atomic E-state index is 0.677. The molecule has 0 aromatic heterocycles. The van der Waals surface area contributed by atoms with E-state index in [2.05, 4.69) is 13.8 Å². The van der Waals surface area contributed by atoms with Gasteiger partial charge in [0.1, 0.15) is 0 Å².